The summed E-state index contributed by atoms with van der Waals surface area (Å²) in [7, 11) is 0.844. The molecule has 2 aliphatic heterocycles. The maximum atomic E-state index is 14.7. The molecule has 2 saturated carbocycles. The Bertz CT molecular complexity index is 1430. The average molecular weight is 677 g/mol. The predicted octanol–water partition coefficient (Wildman–Crippen LogP) is 7.44. The molecule has 2 saturated heterocycles. The lowest BCUT2D eigenvalue weighted by molar-refractivity contribution is -0.283. The third kappa shape index (κ3) is 6.43. The molecule has 1 aromatic rings. The number of rotatable bonds is 8. The highest BCUT2D eigenvalue weighted by Crippen LogP contribution is 2.64. The molecule has 0 bridgehead atoms. The predicted molar refractivity (Wildman–Crippen MR) is 175 cm³/mol. The molecule has 266 valence electrons. The van der Waals surface area contributed by atoms with E-state index in [1.165, 1.54) is 31.2 Å². The van der Waals surface area contributed by atoms with Crippen molar-refractivity contribution in [3.63, 3.8) is 0 Å². The van der Waals surface area contributed by atoms with Crippen molar-refractivity contribution in [1.29, 1.82) is 0 Å². The number of carbonyl (C=O) groups excluding carboxylic acids is 1. The number of aliphatic hydroxyl groups is 1. The summed E-state index contributed by atoms with van der Waals surface area (Å²) < 4.78 is 73.4. The molecule has 10 heteroatoms. The monoisotopic (exact) mass is 676 g/mol. The Kier molecular flexibility index (Phi) is 9.95. The van der Waals surface area contributed by atoms with Crippen LogP contribution in [0.1, 0.15) is 73.8 Å². The first kappa shape index (κ1) is 36.8. The van der Waals surface area contributed by atoms with Gasteiger partial charge in [-0.25, -0.2) is 4.79 Å². The molecule has 2 heterocycles. The van der Waals surface area contributed by atoms with Crippen molar-refractivity contribution in [2.24, 2.45) is 29.6 Å². The van der Waals surface area contributed by atoms with Crippen LogP contribution in [-0.2, 0) is 34.1 Å². The van der Waals surface area contributed by atoms with Crippen LogP contribution in [0.3, 0.4) is 0 Å². The van der Waals surface area contributed by atoms with Gasteiger partial charge in [0, 0.05) is 24.5 Å². The molecule has 7 nitrogen and oxygen atoms in total. The Balaban J connectivity index is 1.48. The number of alkyl halides is 3. The van der Waals surface area contributed by atoms with Gasteiger partial charge in [0.1, 0.15) is 6.10 Å². The van der Waals surface area contributed by atoms with Crippen molar-refractivity contribution in [2.75, 3.05) is 13.7 Å². The lowest BCUT2D eigenvalue weighted by Gasteiger charge is -2.51. The number of epoxide rings is 1. The SMILES string of the molecule is C/C=C(\C)[C@H]1[C@@H](/C=C/C=C(\C)[C@H]2OC(C)(C)OC[C@@H]2C)[C@@H]2C[C@@H](OC(=O)[C@@](OC)(c3ccccc3)C(F)(F)F)[C@](C)(O)C[C@H]2[C@@H]2O[C@@]21C. The van der Waals surface area contributed by atoms with E-state index < -0.39 is 46.4 Å². The lowest BCUT2D eigenvalue weighted by Crippen LogP contribution is -2.59. The largest absolute Gasteiger partial charge is 0.457 e. The summed E-state index contributed by atoms with van der Waals surface area (Å²) in [4.78, 5) is 13.7. The summed E-state index contributed by atoms with van der Waals surface area (Å²) in [5.74, 6) is -2.49. The Hall–Kier alpha value is -2.50. The van der Waals surface area contributed by atoms with E-state index in [0.29, 0.717) is 6.61 Å². The van der Waals surface area contributed by atoms with Gasteiger partial charge in [-0.3, -0.25) is 0 Å². The molecular weight excluding hydrogens is 625 g/mol. The van der Waals surface area contributed by atoms with Crippen LogP contribution in [0.5, 0.6) is 0 Å². The van der Waals surface area contributed by atoms with Gasteiger partial charge >= 0.3 is 12.1 Å². The van der Waals surface area contributed by atoms with Crippen LogP contribution < -0.4 is 0 Å². The van der Waals surface area contributed by atoms with Crippen LogP contribution in [0.25, 0.3) is 0 Å². The number of fused-ring (bicyclic) bond motifs is 3. The van der Waals surface area contributed by atoms with Crippen LogP contribution >= 0.6 is 0 Å². The molecule has 0 radical (unpaired) electrons. The van der Waals surface area contributed by atoms with E-state index in [4.69, 9.17) is 23.7 Å². The average Bonchev–Trinajstić information content (AvgIpc) is 3.71. The van der Waals surface area contributed by atoms with Crippen molar-refractivity contribution in [1.82, 2.24) is 0 Å². The first-order valence-corrected chi connectivity index (χ1v) is 16.9. The fraction of sp³-hybridized carbons (Fsp3) is 0.658. The number of ether oxygens (including phenoxy) is 5. The quantitative estimate of drug-likeness (QED) is 0.133. The maximum Gasteiger partial charge on any atom is 0.432 e. The van der Waals surface area contributed by atoms with E-state index in [0.717, 1.165) is 18.3 Å². The van der Waals surface area contributed by atoms with E-state index in [1.54, 1.807) is 6.07 Å². The molecule has 4 aliphatic rings. The van der Waals surface area contributed by atoms with Crippen LogP contribution in [0, 0.1) is 29.6 Å². The minimum Gasteiger partial charge on any atom is -0.457 e. The second-order valence-corrected chi connectivity index (χ2v) is 15.1. The number of allylic oxidation sites excluding steroid dienone is 4. The molecule has 1 N–H and O–H groups in total. The van der Waals surface area contributed by atoms with E-state index >= 15 is 0 Å². The number of methoxy groups -OCH3 is 1. The summed E-state index contributed by atoms with van der Waals surface area (Å²) in [6, 6.07) is 6.75. The Morgan fingerprint density at radius 1 is 1.04 bits per heavy atom. The molecule has 5 rings (SSSR count). The van der Waals surface area contributed by atoms with E-state index in [9.17, 15) is 23.1 Å². The first-order valence-electron chi connectivity index (χ1n) is 16.9. The summed E-state index contributed by atoms with van der Waals surface area (Å²) in [6.07, 6.45) is 2.07. The van der Waals surface area contributed by atoms with E-state index in [1.807, 2.05) is 33.8 Å². The van der Waals surface area contributed by atoms with E-state index in [-0.39, 0.29) is 54.6 Å². The third-order valence-electron chi connectivity index (χ3n) is 11.3. The van der Waals surface area contributed by atoms with Crippen molar-refractivity contribution in [3.8, 4) is 0 Å². The molecule has 0 aromatic heterocycles. The smallest absolute Gasteiger partial charge is 0.432 e. The Morgan fingerprint density at radius 3 is 2.31 bits per heavy atom. The number of halogens is 3. The summed E-state index contributed by atoms with van der Waals surface area (Å²) >= 11 is 0. The van der Waals surface area contributed by atoms with Crippen LogP contribution in [0.4, 0.5) is 13.2 Å². The van der Waals surface area contributed by atoms with Crippen LogP contribution in [0.2, 0.25) is 0 Å². The number of hydrogen-bond acceptors (Lipinski definition) is 7. The zero-order valence-corrected chi connectivity index (χ0v) is 29.5. The summed E-state index contributed by atoms with van der Waals surface area (Å²) in [5.41, 5.74) is -3.60. The number of carbonyl (C=O) groups is 1. The maximum absolute atomic E-state index is 14.7. The van der Waals surface area contributed by atoms with Crippen molar-refractivity contribution < 1.29 is 46.8 Å². The van der Waals surface area contributed by atoms with Crippen LogP contribution in [-0.4, -0.2) is 66.3 Å². The highest BCUT2D eigenvalue weighted by Gasteiger charge is 2.71. The second-order valence-electron chi connectivity index (χ2n) is 15.1. The van der Waals surface area contributed by atoms with Gasteiger partial charge in [-0.2, -0.15) is 13.2 Å². The van der Waals surface area contributed by atoms with Gasteiger partial charge in [0.2, 0.25) is 0 Å². The second kappa shape index (κ2) is 13.0. The fourth-order valence-corrected chi connectivity index (χ4v) is 8.65. The van der Waals surface area contributed by atoms with Gasteiger partial charge in [0.05, 0.1) is 30.0 Å². The molecule has 11 atom stereocenters. The van der Waals surface area contributed by atoms with Crippen molar-refractivity contribution in [2.45, 2.75) is 115 Å². The minimum atomic E-state index is -5.12. The molecule has 4 fully saturated rings. The summed E-state index contributed by atoms with van der Waals surface area (Å²) in [5, 5.41) is 11.7. The highest BCUT2D eigenvalue weighted by atomic mass is 19.4. The molecule has 2 aliphatic carbocycles. The van der Waals surface area contributed by atoms with Crippen LogP contribution in [0.15, 0.2) is 65.8 Å². The third-order valence-corrected chi connectivity index (χ3v) is 11.3. The summed E-state index contributed by atoms with van der Waals surface area (Å²) in [6.45, 7) is 16.2. The molecule has 0 spiro atoms. The highest BCUT2D eigenvalue weighted by molar-refractivity contribution is 5.83. The van der Waals surface area contributed by atoms with Crippen molar-refractivity contribution >= 4 is 5.97 Å². The zero-order chi connectivity index (χ0) is 35.4. The molecule has 1 aromatic carbocycles. The van der Waals surface area contributed by atoms with Gasteiger partial charge in [-0.1, -0.05) is 67.1 Å². The Morgan fingerprint density at radius 2 is 1.71 bits per heavy atom. The molecule has 0 amide bonds. The normalized spacial score (nSPS) is 39.7. The first-order chi connectivity index (χ1) is 22.3. The van der Waals surface area contributed by atoms with Crippen molar-refractivity contribution in [3.05, 3.63) is 71.3 Å². The van der Waals surface area contributed by atoms with Gasteiger partial charge < -0.3 is 28.8 Å². The van der Waals surface area contributed by atoms with E-state index in [2.05, 4.69) is 39.0 Å². The van der Waals surface area contributed by atoms with Gasteiger partial charge in [-0.15, -0.1) is 0 Å². The van der Waals surface area contributed by atoms with Gasteiger partial charge in [0.15, 0.2) is 5.79 Å². The molecule has 48 heavy (non-hydrogen) atoms. The van der Waals surface area contributed by atoms with Gasteiger partial charge in [0.25, 0.3) is 5.60 Å². The van der Waals surface area contributed by atoms with Gasteiger partial charge in [-0.05, 0) is 84.6 Å². The number of benzene rings is 1. The topological polar surface area (TPSA) is 86.8 Å². The lowest BCUT2D eigenvalue weighted by atomic mass is 9.54. The fourth-order valence-electron chi connectivity index (χ4n) is 8.65. The number of esters is 1. The molecular formula is C38H51F3O7. The molecule has 0 unspecified atom stereocenters. The number of hydrogen-bond donors (Lipinski definition) is 1. The standard InChI is InChI=1S/C38H51F3O7/c1-10-22(2)30-26(18-14-15-23(3)31-24(4)21-45-34(5,6)47-31)27-19-29(35(7,43)20-28(27)32-36(30,8)48-32)46-33(42)37(44-9,38(39,40)41)25-16-12-11-13-17-25/h10-18,24,26-32,43H,19-21H2,1-9H3/b18-14+,22-10+,23-15+/t24-,26-,27-,28+,29+,30-,31+,32-,35+,36+,37-/m0/s1. The zero-order valence-electron chi connectivity index (χ0n) is 29.5. The minimum absolute atomic E-state index is 0.0205. The Labute approximate surface area is 282 Å².